The van der Waals surface area contributed by atoms with Crippen molar-refractivity contribution in [3.63, 3.8) is 0 Å². The summed E-state index contributed by atoms with van der Waals surface area (Å²) in [4.78, 5) is 4.48. The van der Waals surface area contributed by atoms with Crippen LogP contribution in [0.4, 0.5) is 0 Å². The summed E-state index contributed by atoms with van der Waals surface area (Å²) in [5.74, 6) is 0.714. The van der Waals surface area contributed by atoms with Crippen LogP contribution in [0.25, 0.3) is 0 Å². The second-order valence-corrected chi connectivity index (χ2v) is 5.66. The Labute approximate surface area is 120 Å². The number of ether oxygens (including phenoxy) is 1. The molecule has 1 saturated carbocycles. The molecule has 0 bridgehead atoms. The number of nitrogens with two attached hydrogens (primary N) is 1. The van der Waals surface area contributed by atoms with Gasteiger partial charge in [0.25, 0.3) is 0 Å². The van der Waals surface area contributed by atoms with Crippen LogP contribution in [0.15, 0.2) is 18.3 Å². The zero-order valence-corrected chi connectivity index (χ0v) is 12.3. The Morgan fingerprint density at radius 2 is 2.26 bits per heavy atom. The minimum Gasteiger partial charge on any atom is -0.388 e. The molecule has 0 aliphatic heterocycles. The summed E-state index contributed by atoms with van der Waals surface area (Å²) in [6, 6.07) is 3.89. The topological polar surface area (TPSA) is 48.1 Å². The minimum atomic E-state index is 0.339. The Hall–Kier alpha value is -1.00. The third kappa shape index (κ3) is 3.98. The first-order valence-corrected chi connectivity index (χ1v) is 7.48. The van der Waals surface area contributed by atoms with Crippen LogP contribution in [-0.4, -0.2) is 16.1 Å². The highest BCUT2D eigenvalue weighted by Crippen LogP contribution is 2.29. The molecule has 1 aromatic heterocycles. The van der Waals surface area contributed by atoms with Crippen molar-refractivity contribution in [3.8, 4) is 0 Å². The lowest BCUT2D eigenvalue weighted by atomic mass is 9.85. The predicted molar refractivity (Wildman–Crippen MR) is 81.0 cm³/mol. The van der Waals surface area contributed by atoms with Gasteiger partial charge in [-0.2, -0.15) is 0 Å². The third-order valence-electron chi connectivity index (χ3n) is 3.90. The van der Waals surface area contributed by atoms with Gasteiger partial charge < -0.3 is 10.5 Å². The van der Waals surface area contributed by atoms with E-state index < -0.39 is 0 Å². The van der Waals surface area contributed by atoms with Gasteiger partial charge in [0, 0.05) is 6.20 Å². The van der Waals surface area contributed by atoms with Gasteiger partial charge in [0.2, 0.25) is 0 Å². The lowest BCUT2D eigenvalue weighted by Crippen LogP contribution is -2.27. The van der Waals surface area contributed by atoms with E-state index in [1.807, 2.05) is 12.1 Å². The molecule has 1 aromatic rings. The SMILES string of the molecule is CCC1CCCCC1OCc1ccnc(C(N)=S)c1. The maximum Gasteiger partial charge on any atom is 0.122 e. The highest BCUT2D eigenvalue weighted by molar-refractivity contribution is 7.80. The molecule has 1 heterocycles. The molecule has 1 aliphatic rings. The van der Waals surface area contributed by atoms with E-state index in [1.54, 1.807) is 6.20 Å². The summed E-state index contributed by atoms with van der Waals surface area (Å²) in [7, 11) is 0. The molecule has 0 radical (unpaired) electrons. The van der Waals surface area contributed by atoms with Crippen LogP contribution in [0.3, 0.4) is 0 Å². The molecule has 2 unspecified atom stereocenters. The summed E-state index contributed by atoms with van der Waals surface area (Å²) >= 11 is 4.94. The highest BCUT2D eigenvalue weighted by Gasteiger charge is 2.24. The molecule has 2 atom stereocenters. The fourth-order valence-electron chi connectivity index (χ4n) is 2.76. The number of thiocarbonyl (C=S) groups is 1. The van der Waals surface area contributed by atoms with Crippen LogP contribution in [0, 0.1) is 5.92 Å². The summed E-state index contributed by atoms with van der Waals surface area (Å²) in [6.45, 7) is 2.88. The van der Waals surface area contributed by atoms with Crippen molar-refractivity contribution < 1.29 is 4.74 Å². The molecule has 2 N–H and O–H groups in total. The van der Waals surface area contributed by atoms with Crippen molar-refractivity contribution >= 4 is 17.2 Å². The van der Waals surface area contributed by atoms with Crippen LogP contribution >= 0.6 is 12.2 Å². The summed E-state index contributed by atoms with van der Waals surface area (Å²) in [6.07, 6.45) is 8.47. The zero-order chi connectivity index (χ0) is 13.7. The van der Waals surface area contributed by atoms with Crippen molar-refractivity contribution in [1.82, 2.24) is 4.98 Å². The van der Waals surface area contributed by atoms with Crippen molar-refractivity contribution in [2.24, 2.45) is 11.7 Å². The molecule has 1 aliphatic carbocycles. The highest BCUT2D eigenvalue weighted by atomic mass is 32.1. The van der Waals surface area contributed by atoms with Gasteiger partial charge >= 0.3 is 0 Å². The Morgan fingerprint density at radius 3 is 3.00 bits per heavy atom. The van der Waals surface area contributed by atoms with Crippen molar-refractivity contribution in [1.29, 1.82) is 0 Å². The minimum absolute atomic E-state index is 0.339. The maximum atomic E-state index is 6.10. The molecule has 0 aromatic carbocycles. The van der Waals surface area contributed by atoms with Gasteiger partial charge in [-0.05, 0) is 36.5 Å². The fourth-order valence-corrected chi connectivity index (χ4v) is 2.87. The molecule has 19 heavy (non-hydrogen) atoms. The predicted octanol–water partition coefficient (Wildman–Crippen LogP) is 3.20. The zero-order valence-electron chi connectivity index (χ0n) is 11.5. The lowest BCUT2D eigenvalue weighted by molar-refractivity contribution is -0.0222. The van der Waals surface area contributed by atoms with Gasteiger partial charge in [-0.3, -0.25) is 4.98 Å². The standard InChI is InChI=1S/C15H22N2OS/c1-2-12-5-3-4-6-14(12)18-10-11-7-8-17-13(9-11)15(16)19/h7-9,12,14H,2-6,10H2,1H3,(H2,16,19). The lowest BCUT2D eigenvalue weighted by Gasteiger charge is -2.30. The van der Waals surface area contributed by atoms with Crippen LogP contribution in [0.1, 0.15) is 50.3 Å². The van der Waals surface area contributed by atoms with E-state index in [9.17, 15) is 0 Å². The van der Waals surface area contributed by atoms with Crippen LogP contribution in [0.2, 0.25) is 0 Å². The second kappa shape index (κ2) is 6.96. The first kappa shape index (κ1) is 14.4. The average molecular weight is 278 g/mol. The van der Waals surface area contributed by atoms with Crippen LogP contribution in [-0.2, 0) is 11.3 Å². The van der Waals surface area contributed by atoms with Gasteiger partial charge in [0.05, 0.1) is 18.4 Å². The molecule has 1 fully saturated rings. The Balaban J connectivity index is 1.94. The molecular weight excluding hydrogens is 256 g/mol. The summed E-state index contributed by atoms with van der Waals surface area (Å²) in [5.41, 5.74) is 7.36. The van der Waals surface area contributed by atoms with Gasteiger partial charge in [-0.1, -0.05) is 38.4 Å². The van der Waals surface area contributed by atoms with E-state index in [0.717, 1.165) is 5.56 Å². The van der Waals surface area contributed by atoms with Gasteiger partial charge in [0.15, 0.2) is 0 Å². The fraction of sp³-hybridized carbons (Fsp3) is 0.600. The van der Waals surface area contributed by atoms with Gasteiger partial charge in [0.1, 0.15) is 4.99 Å². The largest absolute Gasteiger partial charge is 0.388 e. The van der Waals surface area contributed by atoms with E-state index in [4.69, 9.17) is 22.7 Å². The first-order chi connectivity index (χ1) is 9.20. The van der Waals surface area contributed by atoms with Crippen LogP contribution < -0.4 is 5.73 Å². The van der Waals surface area contributed by atoms with Gasteiger partial charge in [-0.25, -0.2) is 0 Å². The third-order valence-corrected chi connectivity index (χ3v) is 4.11. The number of rotatable bonds is 5. The van der Waals surface area contributed by atoms with E-state index in [2.05, 4.69) is 11.9 Å². The number of pyridine rings is 1. The monoisotopic (exact) mass is 278 g/mol. The maximum absolute atomic E-state index is 6.10. The number of nitrogens with zero attached hydrogens (tertiary/aromatic N) is 1. The summed E-state index contributed by atoms with van der Waals surface area (Å²) < 4.78 is 6.10. The Bertz CT molecular complexity index is 436. The van der Waals surface area contributed by atoms with E-state index >= 15 is 0 Å². The van der Waals surface area contributed by atoms with Crippen LogP contribution in [0.5, 0.6) is 0 Å². The summed E-state index contributed by atoms with van der Waals surface area (Å²) in [5, 5.41) is 0. The van der Waals surface area contributed by atoms with E-state index in [1.165, 1.54) is 32.1 Å². The van der Waals surface area contributed by atoms with Gasteiger partial charge in [-0.15, -0.1) is 0 Å². The number of aromatic nitrogens is 1. The first-order valence-electron chi connectivity index (χ1n) is 7.07. The van der Waals surface area contributed by atoms with Crippen molar-refractivity contribution in [2.45, 2.75) is 51.7 Å². The molecular formula is C15H22N2OS. The second-order valence-electron chi connectivity index (χ2n) is 5.22. The normalized spacial score (nSPS) is 23.2. The smallest absolute Gasteiger partial charge is 0.122 e. The molecule has 0 spiro atoms. The quantitative estimate of drug-likeness (QED) is 0.840. The molecule has 104 valence electrons. The van der Waals surface area contributed by atoms with Crippen molar-refractivity contribution in [2.75, 3.05) is 0 Å². The molecule has 0 saturated heterocycles. The van der Waals surface area contributed by atoms with E-state index in [0.29, 0.717) is 29.3 Å². The molecule has 0 amide bonds. The average Bonchev–Trinajstić information content (AvgIpc) is 2.45. The Morgan fingerprint density at radius 1 is 1.47 bits per heavy atom. The number of hydrogen-bond donors (Lipinski definition) is 1. The molecule has 2 rings (SSSR count). The number of hydrogen-bond acceptors (Lipinski definition) is 3. The Kier molecular flexibility index (Phi) is 5.28. The molecule has 3 nitrogen and oxygen atoms in total. The van der Waals surface area contributed by atoms with E-state index in [-0.39, 0.29) is 0 Å². The van der Waals surface area contributed by atoms with Crippen molar-refractivity contribution in [3.05, 3.63) is 29.6 Å². The molecule has 4 heteroatoms.